The van der Waals surface area contributed by atoms with Crippen LogP contribution >= 0.6 is 0 Å². The number of nitrogens with one attached hydrogen (secondary N) is 3. The minimum Gasteiger partial charge on any atom is -0.345 e. The van der Waals surface area contributed by atoms with Gasteiger partial charge in [-0.3, -0.25) is 14.9 Å². The summed E-state index contributed by atoms with van der Waals surface area (Å²) in [5.41, 5.74) is -0.281. The van der Waals surface area contributed by atoms with Gasteiger partial charge in [0.25, 0.3) is 11.8 Å². The largest absolute Gasteiger partial charge is 0.416 e. The SMILES string of the molecule is O=C1NC(=O)[C@](CN2Cc3ccc(F)cc3C2=O)(c2ccc(-c3cc(C(F)(F)F)cc4[nH]cnc34)cc2)N1. The Morgan fingerprint density at radius 3 is 2.42 bits per heavy atom. The molecule has 1 saturated heterocycles. The Labute approximate surface area is 211 Å². The number of amides is 4. The standard InChI is InChI=1S/C26H17F4N5O3/c27-17-6-3-14-10-35(22(36)19(14)9-17)11-25(23(37)33-24(38)34-25)15-4-1-13(2-5-15)18-7-16(26(28,29)30)8-20-21(18)32-12-31-20/h1-9,12H,10-11H2,(H,31,32)(H2,33,34,37,38)/t25-/m0/s1. The van der Waals surface area contributed by atoms with Gasteiger partial charge in [-0.05, 0) is 41.0 Å². The Kier molecular flexibility index (Phi) is 5.06. The summed E-state index contributed by atoms with van der Waals surface area (Å²) in [7, 11) is 0. The molecule has 4 amide bonds. The van der Waals surface area contributed by atoms with Gasteiger partial charge in [-0.1, -0.05) is 30.3 Å². The van der Waals surface area contributed by atoms with Crippen molar-refractivity contribution in [1.82, 2.24) is 25.5 Å². The van der Waals surface area contributed by atoms with E-state index < -0.39 is 40.9 Å². The number of H-pyrrole nitrogens is 1. The third-order valence-electron chi connectivity index (χ3n) is 6.86. The molecular formula is C26H17F4N5O3. The maximum atomic E-state index is 13.7. The quantitative estimate of drug-likeness (QED) is 0.277. The van der Waals surface area contributed by atoms with Crippen LogP contribution in [0.4, 0.5) is 22.4 Å². The van der Waals surface area contributed by atoms with E-state index in [9.17, 15) is 31.9 Å². The number of halogens is 4. The molecule has 0 unspecified atom stereocenters. The Morgan fingerprint density at radius 2 is 1.74 bits per heavy atom. The molecule has 0 spiro atoms. The van der Waals surface area contributed by atoms with Gasteiger partial charge in [-0.2, -0.15) is 13.2 Å². The van der Waals surface area contributed by atoms with Crippen molar-refractivity contribution < 1.29 is 31.9 Å². The molecule has 1 atom stereocenters. The van der Waals surface area contributed by atoms with Crippen LogP contribution in [0.1, 0.15) is 27.0 Å². The van der Waals surface area contributed by atoms with Crippen LogP contribution < -0.4 is 10.6 Å². The van der Waals surface area contributed by atoms with Crippen molar-refractivity contribution in [2.45, 2.75) is 18.3 Å². The molecule has 6 rings (SSSR count). The normalized spacial score (nSPS) is 19.2. The van der Waals surface area contributed by atoms with Crippen LogP contribution in [0.15, 0.2) is 60.9 Å². The number of rotatable bonds is 4. The van der Waals surface area contributed by atoms with E-state index in [0.29, 0.717) is 22.2 Å². The Balaban J connectivity index is 1.38. The van der Waals surface area contributed by atoms with Gasteiger partial charge in [0, 0.05) is 17.7 Å². The number of hydrogen-bond donors (Lipinski definition) is 3. The van der Waals surface area contributed by atoms with Crippen LogP contribution in [0.25, 0.3) is 22.2 Å². The highest BCUT2D eigenvalue weighted by atomic mass is 19.4. The number of fused-ring (bicyclic) bond motifs is 2. The molecule has 1 aromatic heterocycles. The molecule has 12 heteroatoms. The molecule has 3 N–H and O–H groups in total. The third-order valence-corrected chi connectivity index (χ3v) is 6.86. The van der Waals surface area contributed by atoms with Crippen LogP contribution in [-0.4, -0.2) is 39.3 Å². The second kappa shape index (κ2) is 8.13. The van der Waals surface area contributed by atoms with Crippen molar-refractivity contribution in [3.63, 3.8) is 0 Å². The van der Waals surface area contributed by atoms with Crippen LogP contribution in [0.5, 0.6) is 0 Å². The first-order valence-electron chi connectivity index (χ1n) is 11.4. The van der Waals surface area contributed by atoms with Gasteiger partial charge in [-0.25, -0.2) is 14.2 Å². The lowest BCUT2D eigenvalue weighted by Gasteiger charge is -2.31. The van der Waals surface area contributed by atoms with Crippen molar-refractivity contribution in [1.29, 1.82) is 0 Å². The Bertz CT molecular complexity index is 1650. The number of carbonyl (C=O) groups excluding carboxylic acids is 3. The van der Waals surface area contributed by atoms with Gasteiger partial charge in [0.2, 0.25) is 0 Å². The summed E-state index contributed by atoms with van der Waals surface area (Å²) in [5.74, 6) is -1.76. The van der Waals surface area contributed by atoms with Gasteiger partial charge in [0.1, 0.15) is 5.82 Å². The first-order valence-corrected chi connectivity index (χ1v) is 11.4. The maximum Gasteiger partial charge on any atom is 0.416 e. The molecule has 1 fully saturated rings. The first-order chi connectivity index (χ1) is 18.0. The van der Waals surface area contributed by atoms with Crippen molar-refractivity contribution in [3.8, 4) is 11.1 Å². The molecule has 0 bridgehead atoms. The predicted octanol–water partition coefficient (Wildman–Crippen LogP) is 4.08. The number of aromatic amines is 1. The smallest absolute Gasteiger partial charge is 0.345 e. The van der Waals surface area contributed by atoms with Crippen LogP contribution in [-0.2, 0) is 23.1 Å². The highest BCUT2D eigenvalue weighted by molar-refractivity contribution is 6.08. The number of imidazole rings is 1. The van der Waals surface area contributed by atoms with E-state index in [1.807, 2.05) is 0 Å². The van der Waals surface area contributed by atoms with Crippen molar-refractivity contribution in [2.75, 3.05) is 6.54 Å². The first kappa shape index (κ1) is 23.6. The molecule has 0 aliphatic carbocycles. The van der Waals surface area contributed by atoms with E-state index in [0.717, 1.165) is 18.2 Å². The number of benzene rings is 3. The molecule has 192 valence electrons. The fourth-order valence-electron chi connectivity index (χ4n) is 5.01. The summed E-state index contributed by atoms with van der Waals surface area (Å²) < 4.78 is 54.2. The maximum absolute atomic E-state index is 13.7. The number of hydrogen-bond acceptors (Lipinski definition) is 4. The van der Waals surface area contributed by atoms with Crippen LogP contribution in [0, 0.1) is 5.82 Å². The highest BCUT2D eigenvalue weighted by Crippen LogP contribution is 2.37. The molecule has 0 saturated carbocycles. The zero-order valence-electron chi connectivity index (χ0n) is 19.3. The summed E-state index contributed by atoms with van der Waals surface area (Å²) in [6.07, 6.45) is -3.28. The average Bonchev–Trinajstić information content (AvgIpc) is 3.55. The van der Waals surface area contributed by atoms with Crippen molar-refractivity contribution in [3.05, 3.63) is 89.0 Å². The van der Waals surface area contributed by atoms with Crippen molar-refractivity contribution >= 4 is 28.9 Å². The lowest BCUT2D eigenvalue weighted by Crippen LogP contribution is -2.52. The van der Waals surface area contributed by atoms with Gasteiger partial charge < -0.3 is 15.2 Å². The van der Waals surface area contributed by atoms with Gasteiger partial charge in [-0.15, -0.1) is 0 Å². The second-order valence-electron chi connectivity index (χ2n) is 9.17. The zero-order valence-corrected chi connectivity index (χ0v) is 19.3. The summed E-state index contributed by atoms with van der Waals surface area (Å²) in [6.45, 7) is -0.134. The molecule has 38 heavy (non-hydrogen) atoms. The van der Waals surface area contributed by atoms with E-state index in [1.54, 1.807) is 0 Å². The Hall–Kier alpha value is -4.74. The van der Waals surface area contributed by atoms with Crippen molar-refractivity contribution in [2.24, 2.45) is 0 Å². The van der Waals surface area contributed by atoms with Gasteiger partial charge in [0.05, 0.1) is 29.5 Å². The van der Waals surface area contributed by atoms with Gasteiger partial charge in [0.15, 0.2) is 5.54 Å². The number of urea groups is 1. The second-order valence-corrected chi connectivity index (χ2v) is 9.17. The fourth-order valence-corrected chi connectivity index (χ4v) is 5.01. The number of imide groups is 1. The van der Waals surface area contributed by atoms with E-state index in [1.165, 1.54) is 47.6 Å². The van der Waals surface area contributed by atoms with E-state index >= 15 is 0 Å². The number of nitrogens with zero attached hydrogens (tertiary/aromatic N) is 2. The molecule has 2 aliphatic heterocycles. The lowest BCUT2D eigenvalue weighted by atomic mass is 9.87. The number of alkyl halides is 3. The molecule has 8 nitrogen and oxygen atoms in total. The van der Waals surface area contributed by atoms with E-state index in [2.05, 4.69) is 20.6 Å². The molecule has 0 radical (unpaired) electrons. The highest BCUT2D eigenvalue weighted by Gasteiger charge is 2.50. The molecule has 4 aromatic rings. The summed E-state index contributed by atoms with van der Waals surface area (Å²) in [5, 5.41) is 4.79. The summed E-state index contributed by atoms with van der Waals surface area (Å²) >= 11 is 0. The number of carbonyl (C=O) groups is 3. The zero-order chi connectivity index (χ0) is 26.8. The summed E-state index contributed by atoms with van der Waals surface area (Å²) in [6, 6.07) is 11.1. The lowest BCUT2D eigenvalue weighted by molar-refractivity contribution is -0.137. The van der Waals surface area contributed by atoms with Crippen LogP contribution in [0.2, 0.25) is 0 Å². The molecule has 3 heterocycles. The third kappa shape index (κ3) is 3.67. The van der Waals surface area contributed by atoms with E-state index in [4.69, 9.17) is 0 Å². The van der Waals surface area contributed by atoms with Gasteiger partial charge >= 0.3 is 12.2 Å². The van der Waals surface area contributed by atoms with Crippen LogP contribution in [0.3, 0.4) is 0 Å². The molecule has 2 aliphatic rings. The molecule has 3 aromatic carbocycles. The minimum absolute atomic E-state index is 0.110. The summed E-state index contributed by atoms with van der Waals surface area (Å²) in [4.78, 5) is 46.4. The number of aromatic nitrogens is 2. The Morgan fingerprint density at radius 1 is 0.974 bits per heavy atom. The monoisotopic (exact) mass is 523 g/mol. The topological polar surface area (TPSA) is 107 Å². The predicted molar refractivity (Wildman–Crippen MR) is 126 cm³/mol. The van der Waals surface area contributed by atoms with E-state index in [-0.39, 0.29) is 29.7 Å². The average molecular weight is 523 g/mol. The fraction of sp³-hybridized carbons (Fsp3) is 0.154. The minimum atomic E-state index is -4.58. The molecular weight excluding hydrogens is 506 g/mol.